The molecule has 2 N–H and O–H groups in total. The molecule has 0 fully saturated rings. The van der Waals surface area contributed by atoms with E-state index in [2.05, 4.69) is 13.0 Å². The monoisotopic (exact) mass is 320 g/mol. The molecule has 3 nitrogen and oxygen atoms in total. The number of benzene rings is 3. The maximum Gasteiger partial charge on any atom is 0.335 e. The summed E-state index contributed by atoms with van der Waals surface area (Å²) < 4.78 is 0. The Labute approximate surface area is 141 Å². The number of fused-ring (bicyclic) bond motifs is 1. The first-order chi connectivity index (χ1) is 11.5. The molecule has 0 bridgehead atoms. The van der Waals surface area contributed by atoms with Crippen LogP contribution < -0.4 is 0 Å². The largest absolute Gasteiger partial charge is 0.508 e. The molecule has 3 aromatic rings. The summed E-state index contributed by atoms with van der Waals surface area (Å²) in [5.41, 5.74) is 2.36. The van der Waals surface area contributed by atoms with Crippen molar-refractivity contribution in [2.45, 2.75) is 19.8 Å². The number of carboxylic acids is 1. The Balaban J connectivity index is 1.73. The molecule has 0 heterocycles. The van der Waals surface area contributed by atoms with E-state index < -0.39 is 5.97 Å². The van der Waals surface area contributed by atoms with Gasteiger partial charge in [-0.05, 0) is 64.9 Å². The van der Waals surface area contributed by atoms with Crippen molar-refractivity contribution in [3.63, 3.8) is 0 Å². The Morgan fingerprint density at radius 2 is 1.58 bits per heavy atom. The van der Waals surface area contributed by atoms with Crippen LogP contribution in [0, 0.1) is 5.92 Å². The summed E-state index contributed by atoms with van der Waals surface area (Å²) in [6.45, 7) is 2.14. The Morgan fingerprint density at radius 1 is 0.958 bits per heavy atom. The Kier molecular flexibility index (Phi) is 4.52. The van der Waals surface area contributed by atoms with E-state index in [1.54, 1.807) is 12.1 Å². The molecule has 0 saturated heterocycles. The van der Waals surface area contributed by atoms with Crippen molar-refractivity contribution in [1.29, 1.82) is 0 Å². The highest BCUT2D eigenvalue weighted by Gasteiger charge is 2.10. The molecule has 1 atom stereocenters. The first kappa shape index (κ1) is 16.1. The first-order valence-corrected chi connectivity index (χ1v) is 8.06. The fourth-order valence-corrected chi connectivity index (χ4v) is 3.07. The number of rotatable bonds is 5. The minimum Gasteiger partial charge on any atom is -0.508 e. The average molecular weight is 320 g/mol. The summed E-state index contributed by atoms with van der Waals surface area (Å²) in [5.74, 6) is -0.231. The predicted molar refractivity (Wildman–Crippen MR) is 95.6 cm³/mol. The van der Waals surface area contributed by atoms with Crippen LogP contribution in [0.5, 0.6) is 5.75 Å². The van der Waals surface area contributed by atoms with Crippen molar-refractivity contribution in [3.05, 3.63) is 77.4 Å². The summed E-state index contributed by atoms with van der Waals surface area (Å²) in [6, 6.07) is 18.9. The summed E-state index contributed by atoms with van der Waals surface area (Å²) >= 11 is 0. The topological polar surface area (TPSA) is 57.5 Å². The van der Waals surface area contributed by atoms with E-state index in [1.165, 1.54) is 0 Å². The van der Waals surface area contributed by atoms with Gasteiger partial charge in [0.25, 0.3) is 0 Å². The zero-order chi connectivity index (χ0) is 17.1. The first-order valence-electron chi connectivity index (χ1n) is 8.06. The zero-order valence-electron chi connectivity index (χ0n) is 13.6. The number of phenols is 1. The van der Waals surface area contributed by atoms with E-state index >= 15 is 0 Å². The summed E-state index contributed by atoms with van der Waals surface area (Å²) in [7, 11) is 0. The minimum absolute atomic E-state index is 0.304. The van der Waals surface area contributed by atoms with Crippen LogP contribution in [0.15, 0.2) is 60.7 Å². The second kappa shape index (κ2) is 6.75. The SMILES string of the molecule is CC(Cc1ccc(C(=O)O)cc1)Cc1cc2ccccc2cc1O. The molecule has 24 heavy (non-hydrogen) atoms. The summed E-state index contributed by atoms with van der Waals surface area (Å²) in [4.78, 5) is 10.9. The van der Waals surface area contributed by atoms with Gasteiger partial charge in [0.05, 0.1) is 5.56 Å². The molecule has 3 aromatic carbocycles. The van der Waals surface area contributed by atoms with Crippen molar-refractivity contribution in [2.75, 3.05) is 0 Å². The minimum atomic E-state index is -0.907. The smallest absolute Gasteiger partial charge is 0.335 e. The maximum atomic E-state index is 10.9. The molecule has 122 valence electrons. The second-order valence-electron chi connectivity index (χ2n) is 6.34. The lowest BCUT2D eigenvalue weighted by Gasteiger charge is -2.14. The van der Waals surface area contributed by atoms with Gasteiger partial charge in [-0.2, -0.15) is 0 Å². The molecule has 0 aliphatic carbocycles. The van der Waals surface area contributed by atoms with Gasteiger partial charge in [0.2, 0.25) is 0 Å². The third-order valence-electron chi connectivity index (χ3n) is 4.30. The van der Waals surface area contributed by atoms with E-state index in [9.17, 15) is 9.90 Å². The van der Waals surface area contributed by atoms with Crippen LogP contribution in [0.25, 0.3) is 10.8 Å². The van der Waals surface area contributed by atoms with Crippen molar-refractivity contribution in [3.8, 4) is 5.75 Å². The number of hydrogen-bond acceptors (Lipinski definition) is 2. The van der Waals surface area contributed by atoms with E-state index in [-0.39, 0.29) is 0 Å². The van der Waals surface area contributed by atoms with Crippen molar-refractivity contribution < 1.29 is 15.0 Å². The van der Waals surface area contributed by atoms with Crippen LogP contribution in [0.3, 0.4) is 0 Å². The fraction of sp³-hybridized carbons (Fsp3) is 0.190. The number of phenolic OH excluding ortho intramolecular Hbond substituents is 1. The Morgan fingerprint density at radius 3 is 2.21 bits per heavy atom. The lowest BCUT2D eigenvalue weighted by molar-refractivity contribution is 0.0697. The van der Waals surface area contributed by atoms with Crippen LogP contribution in [0.1, 0.15) is 28.4 Å². The van der Waals surface area contributed by atoms with Gasteiger partial charge in [0, 0.05) is 0 Å². The van der Waals surface area contributed by atoms with E-state index in [0.29, 0.717) is 17.2 Å². The number of aromatic carboxylic acids is 1. The highest BCUT2D eigenvalue weighted by atomic mass is 16.4. The van der Waals surface area contributed by atoms with Crippen molar-refractivity contribution >= 4 is 16.7 Å². The van der Waals surface area contributed by atoms with Gasteiger partial charge in [-0.3, -0.25) is 0 Å². The molecule has 0 amide bonds. The number of carbonyl (C=O) groups is 1. The standard InChI is InChI=1S/C21H20O3/c1-14(10-15-6-8-16(9-7-15)21(23)24)11-19-12-17-4-2-3-5-18(17)13-20(19)22/h2-9,12-14,22H,10-11H2,1H3,(H,23,24). The summed E-state index contributed by atoms with van der Waals surface area (Å²) in [6.07, 6.45) is 1.61. The molecule has 0 radical (unpaired) electrons. The van der Waals surface area contributed by atoms with Gasteiger partial charge in [0.1, 0.15) is 5.75 Å². The summed E-state index contributed by atoms with van der Waals surface area (Å²) in [5, 5.41) is 21.4. The highest BCUT2D eigenvalue weighted by molar-refractivity contribution is 5.87. The van der Waals surface area contributed by atoms with Crippen LogP contribution in [-0.4, -0.2) is 16.2 Å². The average Bonchev–Trinajstić information content (AvgIpc) is 2.56. The predicted octanol–water partition coefficient (Wildman–Crippen LogP) is 4.66. The molecule has 1 unspecified atom stereocenters. The van der Waals surface area contributed by atoms with Crippen molar-refractivity contribution in [2.24, 2.45) is 5.92 Å². The quantitative estimate of drug-likeness (QED) is 0.718. The molecule has 0 aromatic heterocycles. The molecular weight excluding hydrogens is 300 g/mol. The fourth-order valence-electron chi connectivity index (χ4n) is 3.07. The van der Waals surface area contributed by atoms with Gasteiger partial charge in [-0.15, -0.1) is 0 Å². The molecule has 0 spiro atoms. The lowest BCUT2D eigenvalue weighted by atomic mass is 9.92. The van der Waals surface area contributed by atoms with Gasteiger partial charge >= 0.3 is 5.97 Å². The molecule has 0 aliphatic rings. The van der Waals surface area contributed by atoms with E-state index in [1.807, 2.05) is 42.5 Å². The zero-order valence-corrected chi connectivity index (χ0v) is 13.6. The van der Waals surface area contributed by atoms with Crippen LogP contribution in [0.2, 0.25) is 0 Å². The van der Waals surface area contributed by atoms with Gasteiger partial charge in [0.15, 0.2) is 0 Å². The second-order valence-corrected chi connectivity index (χ2v) is 6.34. The van der Waals surface area contributed by atoms with E-state index in [4.69, 9.17) is 5.11 Å². The molecule has 0 aliphatic heterocycles. The van der Waals surface area contributed by atoms with Gasteiger partial charge in [-0.25, -0.2) is 4.79 Å². The molecular formula is C21H20O3. The Hall–Kier alpha value is -2.81. The van der Waals surface area contributed by atoms with Crippen molar-refractivity contribution in [1.82, 2.24) is 0 Å². The van der Waals surface area contributed by atoms with E-state index in [0.717, 1.165) is 34.7 Å². The number of hydrogen-bond donors (Lipinski definition) is 2. The number of carboxylic acid groups (broad SMARTS) is 1. The molecule has 3 heteroatoms. The lowest BCUT2D eigenvalue weighted by Crippen LogP contribution is -2.05. The van der Waals surface area contributed by atoms with Crippen LogP contribution in [-0.2, 0) is 12.8 Å². The third-order valence-corrected chi connectivity index (χ3v) is 4.30. The third kappa shape index (κ3) is 3.57. The molecule has 0 saturated carbocycles. The molecule has 3 rings (SSSR count). The number of aromatic hydroxyl groups is 1. The van der Waals surface area contributed by atoms with Gasteiger partial charge in [-0.1, -0.05) is 43.3 Å². The van der Waals surface area contributed by atoms with Gasteiger partial charge < -0.3 is 10.2 Å². The van der Waals surface area contributed by atoms with Crippen LogP contribution >= 0.6 is 0 Å². The Bertz CT molecular complexity index is 866. The maximum absolute atomic E-state index is 10.9. The highest BCUT2D eigenvalue weighted by Crippen LogP contribution is 2.27. The van der Waals surface area contributed by atoms with Crippen LogP contribution in [0.4, 0.5) is 0 Å². The normalized spacial score (nSPS) is 12.2.